The number of benzene rings is 1. The van der Waals surface area contributed by atoms with Crippen LogP contribution in [0, 0.1) is 14.9 Å². The van der Waals surface area contributed by atoms with Crippen LogP contribution in [-0.2, 0) is 7.05 Å². The van der Waals surface area contributed by atoms with Crippen molar-refractivity contribution >= 4 is 28.8 Å². The van der Waals surface area contributed by atoms with Crippen molar-refractivity contribution in [2.75, 3.05) is 0 Å². The van der Waals surface area contributed by atoms with E-state index in [-0.39, 0.29) is 15.8 Å². The Balaban J connectivity index is 2.96. The van der Waals surface area contributed by atoms with Gasteiger partial charge in [0.15, 0.2) is 4.77 Å². The second-order valence-corrected chi connectivity index (χ2v) is 3.66. The highest BCUT2D eigenvalue weighted by molar-refractivity contribution is 7.71. The largest absolute Gasteiger partial charge is 0.321 e. The van der Waals surface area contributed by atoms with Crippen LogP contribution in [0.3, 0.4) is 0 Å². The number of non-ortho nitro benzene ring substituents is 1. The minimum atomic E-state index is -0.541. The van der Waals surface area contributed by atoms with E-state index >= 15 is 0 Å². The topological polar surface area (TPSA) is 80.9 Å². The first-order valence-electron chi connectivity index (χ1n) is 4.38. The van der Waals surface area contributed by atoms with E-state index in [0.717, 1.165) is 0 Å². The van der Waals surface area contributed by atoms with E-state index in [9.17, 15) is 14.9 Å². The summed E-state index contributed by atoms with van der Waals surface area (Å²) in [6.07, 6.45) is 0. The number of rotatable bonds is 1. The second-order valence-electron chi connectivity index (χ2n) is 3.28. The first kappa shape index (κ1) is 10.5. The molecule has 0 fully saturated rings. The van der Waals surface area contributed by atoms with Crippen LogP contribution in [0.15, 0.2) is 23.0 Å². The van der Waals surface area contributed by atoms with Gasteiger partial charge < -0.3 is 4.57 Å². The number of nitrogens with zero attached hydrogens (tertiary/aromatic N) is 2. The Morgan fingerprint density at radius 3 is 2.81 bits per heavy atom. The second kappa shape index (κ2) is 3.53. The molecule has 0 saturated heterocycles. The molecule has 1 N–H and O–H groups in total. The Morgan fingerprint density at radius 1 is 1.50 bits per heavy atom. The van der Waals surface area contributed by atoms with Crippen molar-refractivity contribution in [3.8, 4) is 0 Å². The predicted molar refractivity (Wildman–Crippen MR) is 61.0 cm³/mol. The zero-order chi connectivity index (χ0) is 11.9. The maximum Gasteiger partial charge on any atom is 0.270 e. The molecule has 16 heavy (non-hydrogen) atoms. The summed E-state index contributed by atoms with van der Waals surface area (Å²) in [6.45, 7) is 0. The maximum atomic E-state index is 11.6. The van der Waals surface area contributed by atoms with Crippen molar-refractivity contribution < 1.29 is 4.92 Å². The molecule has 2 aromatic rings. The molecule has 82 valence electrons. The van der Waals surface area contributed by atoms with Crippen LogP contribution in [0.1, 0.15) is 0 Å². The fourth-order valence-corrected chi connectivity index (χ4v) is 1.66. The monoisotopic (exact) mass is 237 g/mol. The number of hydrogen-bond acceptors (Lipinski definition) is 4. The number of nitrogens with one attached hydrogen (secondary N) is 1. The molecular weight excluding hydrogens is 230 g/mol. The summed E-state index contributed by atoms with van der Waals surface area (Å²) in [5, 5.41) is 10.8. The Hall–Kier alpha value is -2.02. The van der Waals surface area contributed by atoms with Crippen molar-refractivity contribution in [3.63, 3.8) is 0 Å². The van der Waals surface area contributed by atoms with Crippen LogP contribution in [0.4, 0.5) is 5.69 Å². The molecule has 6 nitrogen and oxygen atoms in total. The van der Waals surface area contributed by atoms with Gasteiger partial charge in [0.25, 0.3) is 11.2 Å². The number of aromatic amines is 1. The van der Waals surface area contributed by atoms with E-state index < -0.39 is 10.5 Å². The summed E-state index contributed by atoms with van der Waals surface area (Å²) in [5.41, 5.74) is 0.0382. The normalized spacial score (nSPS) is 10.6. The first-order chi connectivity index (χ1) is 7.50. The van der Waals surface area contributed by atoms with Gasteiger partial charge in [-0.1, -0.05) is 0 Å². The molecule has 0 radical (unpaired) electrons. The van der Waals surface area contributed by atoms with Gasteiger partial charge in [0.1, 0.15) is 0 Å². The fourth-order valence-electron chi connectivity index (χ4n) is 1.47. The van der Waals surface area contributed by atoms with Gasteiger partial charge in [-0.25, -0.2) is 0 Å². The van der Waals surface area contributed by atoms with E-state index in [0.29, 0.717) is 5.52 Å². The molecule has 0 saturated carbocycles. The van der Waals surface area contributed by atoms with E-state index in [1.54, 1.807) is 11.6 Å². The van der Waals surface area contributed by atoms with Crippen molar-refractivity contribution in [2.24, 2.45) is 7.05 Å². The summed E-state index contributed by atoms with van der Waals surface area (Å²) in [6, 6.07) is 4.10. The van der Waals surface area contributed by atoms with Crippen LogP contribution < -0.4 is 5.56 Å². The lowest BCUT2D eigenvalue weighted by atomic mass is 10.2. The lowest BCUT2D eigenvalue weighted by molar-refractivity contribution is -0.384. The molecule has 0 unspecified atom stereocenters. The zero-order valence-corrected chi connectivity index (χ0v) is 9.08. The molecular formula is C9H7N3O3S. The standard InChI is InChI=1S/C9H7N3O3S/c1-11-7-3-2-5(12(14)15)4-6(7)8(13)10-9(11)16/h2-4H,1H3,(H,10,13,16). The van der Waals surface area contributed by atoms with Crippen LogP contribution in [-0.4, -0.2) is 14.5 Å². The van der Waals surface area contributed by atoms with Gasteiger partial charge in [0, 0.05) is 19.2 Å². The molecule has 0 aliphatic rings. The van der Waals surface area contributed by atoms with Gasteiger partial charge in [-0.05, 0) is 18.3 Å². The van der Waals surface area contributed by atoms with Crippen molar-refractivity contribution in [3.05, 3.63) is 43.4 Å². The molecule has 1 aromatic carbocycles. The van der Waals surface area contributed by atoms with Gasteiger partial charge in [0.05, 0.1) is 15.8 Å². The molecule has 0 spiro atoms. The van der Waals surface area contributed by atoms with Crippen molar-refractivity contribution in [2.45, 2.75) is 0 Å². The summed E-state index contributed by atoms with van der Waals surface area (Å²) < 4.78 is 1.88. The maximum absolute atomic E-state index is 11.6. The average Bonchev–Trinajstić information content (AvgIpc) is 2.25. The number of fused-ring (bicyclic) bond motifs is 1. The average molecular weight is 237 g/mol. The molecule has 0 amide bonds. The quantitative estimate of drug-likeness (QED) is 0.463. The molecule has 0 aliphatic heterocycles. The number of aromatic nitrogens is 2. The smallest absolute Gasteiger partial charge is 0.270 e. The van der Waals surface area contributed by atoms with Crippen LogP contribution in [0.25, 0.3) is 10.9 Å². The van der Waals surface area contributed by atoms with Crippen LogP contribution >= 0.6 is 12.2 Å². The Labute approximate surface area is 94.3 Å². The number of nitro benzene ring substituents is 1. The summed E-state index contributed by atoms with van der Waals surface area (Å²) in [7, 11) is 1.69. The summed E-state index contributed by atoms with van der Waals surface area (Å²) in [5.74, 6) is 0. The third kappa shape index (κ3) is 1.50. The summed E-state index contributed by atoms with van der Waals surface area (Å²) >= 11 is 4.93. The van der Waals surface area contributed by atoms with E-state index in [2.05, 4.69) is 4.98 Å². The fraction of sp³-hybridized carbons (Fsp3) is 0.111. The van der Waals surface area contributed by atoms with Gasteiger partial charge in [-0.15, -0.1) is 0 Å². The first-order valence-corrected chi connectivity index (χ1v) is 4.79. The number of H-pyrrole nitrogens is 1. The Kier molecular flexibility index (Phi) is 2.31. The minimum Gasteiger partial charge on any atom is -0.321 e. The molecule has 0 atom stereocenters. The van der Waals surface area contributed by atoms with E-state index in [1.807, 2.05) is 0 Å². The highest BCUT2D eigenvalue weighted by Gasteiger charge is 2.09. The van der Waals surface area contributed by atoms with Gasteiger partial charge in [-0.2, -0.15) is 0 Å². The van der Waals surface area contributed by atoms with Gasteiger partial charge >= 0.3 is 0 Å². The van der Waals surface area contributed by atoms with Crippen LogP contribution in [0.5, 0.6) is 0 Å². The lowest BCUT2D eigenvalue weighted by Gasteiger charge is -2.04. The van der Waals surface area contributed by atoms with E-state index in [1.165, 1.54) is 18.2 Å². The number of aryl methyl sites for hydroxylation is 1. The molecule has 7 heteroatoms. The molecule has 1 aromatic heterocycles. The van der Waals surface area contributed by atoms with Gasteiger partial charge in [-0.3, -0.25) is 19.9 Å². The molecule has 0 bridgehead atoms. The number of hydrogen-bond donors (Lipinski definition) is 1. The van der Waals surface area contributed by atoms with Crippen LogP contribution in [0.2, 0.25) is 0 Å². The Bertz CT molecular complexity index is 701. The van der Waals surface area contributed by atoms with Crippen molar-refractivity contribution in [1.29, 1.82) is 0 Å². The highest BCUT2D eigenvalue weighted by Crippen LogP contribution is 2.17. The molecule has 1 heterocycles. The summed E-state index contributed by atoms with van der Waals surface area (Å²) in [4.78, 5) is 24.0. The predicted octanol–water partition coefficient (Wildman–Crippen LogP) is 1.50. The molecule has 2 rings (SSSR count). The lowest BCUT2D eigenvalue weighted by Crippen LogP contribution is -2.12. The van der Waals surface area contributed by atoms with E-state index in [4.69, 9.17) is 12.2 Å². The third-order valence-corrected chi connectivity index (χ3v) is 2.70. The number of nitro groups is 1. The van der Waals surface area contributed by atoms with Crippen molar-refractivity contribution in [1.82, 2.24) is 9.55 Å². The zero-order valence-electron chi connectivity index (χ0n) is 8.26. The highest BCUT2D eigenvalue weighted by atomic mass is 32.1. The molecule has 0 aliphatic carbocycles. The minimum absolute atomic E-state index is 0.116. The van der Waals surface area contributed by atoms with Gasteiger partial charge in [0.2, 0.25) is 0 Å². The Morgan fingerprint density at radius 2 is 2.19 bits per heavy atom. The third-order valence-electron chi connectivity index (χ3n) is 2.32. The SMILES string of the molecule is Cn1c(=S)[nH]c(=O)c2cc([N+](=O)[O-])ccc21.